The monoisotopic (exact) mass is 278 g/mol. The standard InChI is InChI=1S/C14H22N4O2/c1-4-15-13(19)11-6-5-7-18(9-11)14-16-10(2)8-12(17-14)20-3/h8,11H,4-7,9H2,1-3H3,(H,15,19)/t11-/m1/s1. The van der Waals surface area contributed by atoms with Crippen molar-refractivity contribution in [2.24, 2.45) is 5.92 Å². The average molecular weight is 278 g/mol. The van der Waals surface area contributed by atoms with E-state index >= 15 is 0 Å². The van der Waals surface area contributed by atoms with Gasteiger partial charge < -0.3 is 15.0 Å². The number of anilines is 1. The van der Waals surface area contributed by atoms with E-state index in [0.29, 0.717) is 24.9 Å². The Balaban J connectivity index is 2.12. The van der Waals surface area contributed by atoms with E-state index in [1.807, 2.05) is 13.8 Å². The van der Waals surface area contributed by atoms with Gasteiger partial charge in [0.05, 0.1) is 13.0 Å². The number of carbonyl (C=O) groups is 1. The second-order valence-electron chi connectivity index (χ2n) is 5.03. The van der Waals surface area contributed by atoms with Crippen molar-refractivity contribution in [1.29, 1.82) is 0 Å². The second kappa shape index (κ2) is 6.54. The molecule has 1 amide bonds. The Bertz CT molecular complexity index is 478. The first-order valence-electron chi connectivity index (χ1n) is 7.06. The molecule has 0 aliphatic carbocycles. The Labute approximate surface area is 119 Å². The lowest BCUT2D eigenvalue weighted by Gasteiger charge is -2.32. The van der Waals surface area contributed by atoms with Crippen LogP contribution in [0.5, 0.6) is 5.88 Å². The highest BCUT2D eigenvalue weighted by atomic mass is 16.5. The Kier molecular flexibility index (Phi) is 4.76. The van der Waals surface area contributed by atoms with Gasteiger partial charge in [0, 0.05) is 31.4 Å². The lowest BCUT2D eigenvalue weighted by Crippen LogP contribution is -2.43. The van der Waals surface area contributed by atoms with Crippen LogP contribution in [0.4, 0.5) is 5.95 Å². The molecule has 2 heterocycles. The fourth-order valence-electron chi connectivity index (χ4n) is 2.46. The highest BCUT2D eigenvalue weighted by Crippen LogP contribution is 2.22. The molecule has 1 saturated heterocycles. The first kappa shape index (κ1) is 14.6. The van der Waals surface area contributed by atoms with Gasteiger partial charge in [-0.05, 0) is 26.7 Å². The van der Waals surface area contributed by atoms with Gasteiger partial charge in [0.1, 0.15) is 0 Å². The van der Waals surface area contributed by atoms with Crippen molar-refractivity contribution in [3.63, 3.8) is 0 Å². The third-order valence-corrected chi connectivity index (χ3v) is 3.45. The molecule has 1 aliphatic heterocycles. The first-order valence-corrected chi connectivity index (χ1v) is 7.06. The number of hydrogen-bond donors (Lipinski definition) is 1. The maximum absolute atomic E-state index is 12.0. The topological polar surface area (TPSA) is 67.4 Å². The number of hydrogen-bond acceptors (Lipinski definition) is 5. The highest BCUT2D eigenvalue weighted by Gasteiger charge is 2.27. The summed E-state index contributed by atoms with van der Waals surface area (Å²) in [6.07, 6.45) is 1.90. The molecule has 20 heavy (non-hydrogen) atoms. The predicted molar refractivity (Wildman–Crippen MR) is 76.9 cm³/mol. The Morgan fingerprint density at radius 3 is 3.05 bits per heavy atom. The van der Waals surface area contributed by atoms with Gasteiger partial charge in [-0.2, -0.15) is 4.98 Å². The smallest absolute Gasteiger partial charge is 0.228 e. The van der Waals surface area contributed by atoms with Crippen LogP contribution in [0.1, 0.15) is 25.5 Å². The van der Waals surface area contributed by atoms with Crippen LogP contribution in [0.25, 0.3) is 0 Å². The average Bonchev–Trinajstić information content (AvgIpc) is 2.47. The molecule has 0 aromatic carbocycles. The molecule has 6 nitrogen and oxygen atoms in total. The van der Waals surface area contributed by atoms with Crippen molar-refractivity contribution >= 4 is 11.9 Å². The van der Waals surface area contributed by atoms with Gasteiger partial charge in [-0.25, -0.2) is 4.98 Å². The molecule has 1 fully saturated rings. The lowest BCUT2D eigenvalue weighted by atomic mass is 9.97. The third kappa shape index (κ3) is 3.37. The Hall–Kier alpha value is -1.85. The number of aromatic nitrogens is 2. The number of aryl methyl sites for hydroxylation is 1. The number of carbonyl (C=O) groups excluding carboxylic acids is 1. The number of rotatable bonds is 4. The quantitative estimate of drug-likeness (QED) is 0.894. The van der Waals surface area contributed by atoms with Gasteiger partial charge in [0.25, 0.3) is 0 Å². The molecule has 1 aliphatic rings. The summed E-state index contributed by atoms with van der Waals surface area (Å²) in [7, 11) is 1.60. The summed E-state index contributed by atoms with van der Waals surface area (Å²) in [5.41, 5.74) is 0.868. The minimum atomic E-state index is 0.0128. The summed E-state index contributed by atoms with van der Waals surface area (Å²) < 4.78 is 5.18. The van der Waals surface area contributed by atoms with Crippen molar-refractivity contribution in [1.82, 2.24) is 15.3 Å². The highest BCUT2D eigenvalue weighted by molar-refractivity contribution is 5.79. The number of nitrogens with one attached hydrogen (secondary N) is 1. The van der Waals surface area contributed by atoms with Crippen LogP contribution in [0, 0.1) is 12.8 Å². The van der Waals surface area contributed by atoms with Crippen molar-refractivity contribution in [3.8, 4) is 5.88 Å². The predicted octanol–water partition coefficient (Wildman–Crippen LogP) is 1.15. The SMILES string of the molecule is CCNC(=O)[C@@H]1CCCN(c2nc(C)cc(OC)n2)C1. The van der Waals surface area contributed by atoms with Crippen LogP contribution >= 0.6 is 0 Å². The fraction of sp³-hybridized carbons (Fsp3) is 0.643. The van der Waals surface area contributed by atoms with Crippen LogP contribution in [0.3, 0.4) is 0 Å². The van der Waals surface area contributed by atoms with E-state index in [4.69, 9.17) is 4.74 Å². The molecule has 2 rings (SSSR count). The van der Waals surface area contributed by atoms with E-state index in [-0.39, 0.29) is 11.8 Å². The van der Waals surface area contributed by atoms with Crippen molar-refractivity contribution in [3.05, 3.63) is 11.8 Å². The van der Waals surface area contributed by atoms with E-state index in [1.54, 1.807) is 13.2 Å². The third-order valence-electron chi connectivity index (χ3n) is 3.45. The first-order chi connectivity index (χ1) is 9.63. The number of piperidine rings is 1. The van der Waals surface area contributed by atoms with E-state index in [2.05, 4.69) is 20.2 Å². The summed E-state index contributed by atoms with van der Waals surface area (Å²) in [6, 6.07) is 1.80. The Morgan fingerprint density at radius 1 is 1.55 bits per heavy atom. The van der Waals surface area contributed by atoms with Gasteiger partial charge in [-0.3, -0.25) is 4.79 Å². The minimum absolute atomic E-state index is 0.0128. The van der Waals surface area contributed by atoms with Crippen LogP contribution in [-0.4, -0.2) is 42.6 Å². The summed E-state index contributed by atoms with van der Waals surface area (Å²) in [6.45, 7) is 6.07. The molecule has 0 saturated carbocycles. The van der Waals surface area contributed by atoms with E-state index < -0.39 is 0 Å². The van der Waals surface area contributed by atoms with Gasteiger partial charge >= 0.3 is 0 Å². The molecule has 6 heteroatoms. The molecular formula is C14H22N4O2. The number of methoxy groups -OCH3 is 1. The second-order valence-corrected chi connectivity index (χ2v) is 5.03. The van der Waals surface area contributed by atoms with Crippen LogP contribution in [-0.2, 0) is 4.79 Å². The fourth-order valence-corrected chi connectivity index (χ4v) is 2.46. The van der Waals surface area contributed by atoms with Gasteiger partial charge in [0.15, 0.2) is 0 Å². The van der Waals surface area contributed by atoms with Crippen LogP contribution in [0.2, 0.25) is 0 Å². The summed E-state index contributed by atoms with van der Waals surface area (Å²) in [4.78, 5) is 22.9. The lowest BCUT2D eigenvalue weighted by molar-refractivity contribution is -0.125. The van der Waals surface area contributed by atoms with Crippen molar-refractivity contribution < 1.29 is 9.53 Å². The number of amides is 1. The van der Waals surface area contributed by atoms with E-state index in [1.165, 1.54) is 0 Å². The molecule has 0 spiro atoms. The van der Waals surface area contributed by atoms with Crippen LogP contribution < -0.4 is 15.0 Å². The molecule has 1 atom stereocenters. The van der Waals surface area contributed by atoms with E-state index in [0.717, 1.165) is 25.1 Å². The van der Waals surface area contributed by atoms with E-state index in [9.17, 15) is 4.79 Å². The van der Waals surface area contributed by atoms with Gasteiger partial charge in [-0.15, -0.1) is 0 Å². The molecule has 1 aromatic rings. The van der Waals surface area contributed by atoms with Crippen molar-refractivity contribution in [2.75, 3.05) is 31.6 Å². The zero-order valence-corrected chi connectivity index (χ0v) is 12.3. The zero-order valence-electron chi connectivity index (χ0n) is 12.3. The van der Waals surface area contributed by atoms with Gasteiger partial charge in [0.2, 0.25) is 17.7 Å². The molecule has 0 radical (unpaired) electrons. The van der Waals surface area contributed by atoms with Gasteiger partial charge in [-0.1, -0.05) is 0 Å². The molecule has 0 bridgehead atoms. The minimum Gasteiger partial charge on any atom is -0.481 e. The summed E-state index contributed by atoms with van der Waals surface area (Å²) in [5, 5.41) is 2.89. The maximum atomic E-state index is 12.0. The maximum Gasteiger partial charge on any atom is 0.228 e. The summed E-state index contributed by atoms with van der Waals surface area (Å²) >= 11 is 0. The Morgan fingerprint density at radius 2 is 2.35 bits per heavy atom. The number of nitrogens with zero attached hydrogens (tertiary/aromatic N) is 3. The molecular weight excluding hydrogens is 256 g/mol. The largest absolute Gasteiger partial charge is 0.481 e. The normalized spacial score (nSPS) is 18.8. The van der Waals surface area contributed by atoms with Crippen molar-refractivity contribution in [2.45, 2.75) is 26.7 Å². The zero-order chi connectivity index (χ0) is 14.5. The summed E-state index contributed by atoms with van der Waals surface area (Å²) in [5.74, 6) is 1.35. The molecule has 0 unspecified atom stereocenters. The van der Waals surface area contributed by atoms with Crippen LogP contribution in [0.15, 0.2) is 6.07 Å². The molecule has 1 N–H and O–H groups in total. The number of ether oxygens (including phenoxy) is 1. The molecule has 1 aromatic heterocycles. The molecule has 110 valence electrons.